The SMILES string of the molecule is C=CCOC(=O)N1C[C@@H](C(C)(C)C)C[C@@]1(CCCO)O[SiH](C)C. The summed E-state index contributed by atoms with van der Waals surface area (Å²) in [7, 11) is -1.37. The maximum absolute atomic E-state index is 12.6. The number of hydrogen-bond acceptors (Lipinski definition) is 4. The minimum absolute atomic E-state index is 0.0832. The van der Waals surface area contributed by atoms with Gasteiger partial charge in [-0.25, -0.2) is 4.79 Å². The first kappa shape index (κ1) is 20.2. The molecule has 2 atom stereocenters. The summed E-state index contributed by atoms with van der Waals surface area (Å²) in [4.78, 5) is 14.3. The second-order valence-corrected chi connectivity index (χ2v) is 10.0. The van der Waals surface area contributed by atoms with Gasteiger partial charge in [-0.05, 0) is 43.7 Å². The summed E-state index contributed by atoms with van der Waals surface area (Å²) in [5.74, 6) is 0.338. The zero-order valence-corrected chi connectivity index (χ0v) is 16.5. The zero-order valence-electron chi connectivity index (χ0n) is 15.3. The lowest BCUT2D eigenvalue weighted by atomic mass is 9.78. The van der Waals surface area contributed by atoms with Gasteiger partial charge in [0.1, 0.15) is 12.3 Å². The molecule has 0 aliphatic carbocycles. The highest BCUT2D eigenvalue weighted by Crippen LogP contribution is 2.45. The summed E-state index contributed by atoms with van der Waals surface area (Å²) in [6, 6.07) is 0. The van der Waals surface area contributed by atoms with E-state index in [9.17, 15) is 9.90 Å². The molecule has 6 heteroatoms. The predicted octanol–water partition coefficient (Wildman–Crippen LogP) is 3.15. The van der Waals surface area contributed by atoms with Crippen molar-refractivity contribution in [3.8, 4) is 0 Å². The number of aliphatic hydroxyl groups excluding tert-OH is 1. The van der Waals surface area contributed by atoms with Crippen LogP contribution in [0.2, 0.25) is 13.1 Å². The Hall–Kier alpha value is -0.853. The number of nitrogens with zero attached hydrogens (tertiary/aromatic N) is 1. The standard InChI is InChI=1S/C17H33NO4Si/c1-7-11-21-15(20)18-13-14(16(2,3)4)12-17(18,9-8-10-19)22-23(5)6/h7,14,19,23H,1,8-13H2,2-6H3/t14-,17+/m0/s1. The van der Waals surface area contributed by atoms with Gasteiger partial charge < -0.3 is 14.3 Å². The summed E-state index contributed by atoms with van der Waals surface area (Å²) in [6.07, 6.45) is 3.28. The lowest BCUT2D eigenvalue weighted by Crippen LogP contribution is -2.51. The van der Waals surface area contributed by atoms with Gasteiger partial charge in [-0.3, -0.25) is 4.90 Å². The molecule has 1 fully saturated rings. The van der Waals surface area contributed by atoms with E-state index in [1.165, 1.54) is 0 Å². The average molecular weight is 344 g/mol. The Bertz CT molecular complexity index is 408. The van der Waals surface area contributed by atoms with Gasteiger partial charge in [0.25, 0.3) is 0 Å². The first-order chi connectivity index (χ1) is 10.7. The molecule has 0 bridgehead atoms. The summed E-state index contributed by atoms with van der Waals surface area (Å²) in [6.45, 7) is 15.3. The Kier molecular flexibility index (Phi) is 7.29. The van der Waals surface area contributed by atoms with Crippen LogP contribution in [-0.2, 0) is 9.16 Å². The summed E-state index contributed by atoms with van der Waals surface area (Å²) >= 11 is 0. The van der Waals surface area contributed by atoms with Crippen molar-refractivity contribution >= 4 is 15.1 Å². The first-order valence-corrected chi connectivity index (χ1v) is 11.3. The van der Waals surface area contributed by atoms with Gasteiger partial charge in [-0.1, -0.05) is 33.4 Å². The zero-order chi connectivity index (χ0) is 17.7. The van der Waals surface area contributed by atoms with Crippen molar-refractivity contribution in [3.63, 3.8) is 0 Å². The molecular formula is C17H33NO4Si. The molecule has 0 aromatic heterocycles. The van der Waals surface area contributed by atoms with Crippen LogP contribution in [0.4, 0.5) is 4.79 Å². The molecule has 0 aromatic rings. The number of amides is 1. The fourth-order valence-electron chi connectivity index (χ4n) is 3.18. The van der Waals surface area contributed by atoms with Crippen LogP contribution in [-0.4, -0.2) is 50.6 Å². The average Bonchev–Trinajstić information content (AvgIpc) is 2.81. The van der Waals surface area contributed by atoms with Crippen molar-refractivity contribution in [1.29, 1.82) is 0 Å². The number of carbonyl (C=O) groups is 1. The Labute approximate surface area is 142 Å². The first-order valence-electron chi connectivity index (χ1n) is 8.50. The minimum Gasteiger partial charge on any atom is -0.445 e. The molecule has 1 amide bonds. The summed E-state index contributed by atoms with van der Waals surface area (Å²) in [5, 5.41) is 9.28. The van der Waals surface area contributed by atoms with E-state index >= 15 is 0 Å². The second kappa shape index (κ2) is 8.31. The molecule has 1 aliphatic heterocycles. The topological polar surface area (TPSA) is 59.0 Å². The number of aliphatic hydroxyl groups is 1. The molecule has 23 heavy (non-hydrogen) atoms. The van der Waals surface area contributed by atoms with Crippen molar-refractivity contribution in [2.45, 2.75) is 58.9 Å². The molecule has 1 aliphatic rings. The Balaban J connectivity index is 3.09. The van der Waals surface area contributed by atoms with Gasteiger partial charge in [0.05, 0.1) is 0 Å². The second-order valence-electron chi connectivity index (χ2n) is 7.68. The van der Waals surface area contributed by atoms with Crippen molar-refractivity contribution in [2.24, 2.45) is 11.3 Å². The molecular weight excluding hydrogens is 310 g/mol. The highest BCUT2D eigenvalue weighted by molar-refractivity contribution is 6.48. The van der Waals surface area contributed by atoms with Crippen LogP contribution >= 0.6 is 0 Å². The molecule has 1 saturated heterocycles. The molecule has 0 radical (unpaired) electrons. The van der Waals surface area contributed by atoms with Crippen LogP contribution in [0.5, 0.6) is 0 Å². The predicted molar refractivity (Wildman–Crippen MR) is 94.8 cm³/mol. The van der Waals surface area contributed by atoms with E-state index < -0.39 is 14.8 Å². The van der Waals surface area contributed by atoms with Gasteiger partial charge in [0.15, 0.2) is 9.04 Å². The molecule has 0 unspecified atom stereocenters. The largest absolute Gasteiger partial charge is 0.445 e. The van der Waals surface area contributed by atoms with Crippen molar-refractivity contribution in [1.82, 2.24) is 4.90 Å². The summed E-state index contributed by atoms with van der Waals surface area (Å²) < 4.78 is 11.7. The highest BCUT2D eigenvalue weighted by atomic mass is 28.3. The van der Waals surface area contributed by atoms with E-state index in [4.69, 9.17) is 9.16 Å². The molecule has 1 rings (SSSR count). The monoisotopic (exact) mass is 343 g/mol. The van der Waals surface area contributed by atoms with Gasteiger partial charge in [-0.2, -0.15) is 0 Å². The molecule has 134 valence electrons. The van der Waals surface area contributed by atoms with E-state index in [2.05, 4.69) is 40.4 Å². The Morgan fingerprint density at radius 1 is 1.48 bits per heavy atom. The highest BCUT2D eigenvalue weighted by Gasteiger charge is 2.52. The fourth-order valence-corrected chi connectivity index (χ4v) is 4.40. The molecule has 1 heterocycles. The fraction of sp³-hybridized carbons (Fsp3) is 0.824. The third-order valence-corrected chi connectivity index (χ3v) is 5.32. The number of hydrogen-bond donors (Lipinski definition) is 1. The number of rotatable bonds is 7. The maximum atomic E-state index is 12.6. The van der Waals surface area contributed by atoms with Crippen molar-refractivity contribution < 1.29 is 19.1 Å². The molecule has 0 spiro atoms. The van der Waals surface area contributed by atoms with Crippen LogP contribution in [0.1, 0.15) is 40.0 Å². The van der Waals surface area contributed by atoms with Gasteiger partial charge >= 0.3 is 6.09 Å². The van der Waals surface area contributed by atoms with E-state index in [0.29, 0.717) is 25.3 Å². The lowest BCUT2D eigenvalue weighted by molar-refractivity contribution is -0.0606. The molecule has 1 N–H and O–H groups in total. The third kappa shape index (κ3) is 5.33. The summed E-state index contributed by atoms with van der Waals surface area (Å²) in [5.41, 5.74) is -0.556. The number of carbonyl (C=O) groups excluding carboxylic acids is 1. The maximum Gasteiger partial charge on any atom is 0.412 e. The third-order valence-electron chi connectivity index (χ3n) is 4.41. The van der Waals surface area contributed by atoms with Gasteiger partial charge in [0, 0.05) is 13.2 Å². The number of likely N-dealkylation sites (tertiary alicyclic amines) is 1. The van der Waals surface area contributed by atoms with Crippen LogP contribution in [0.3, 0.4) is 0 Å². The Morgan fingerprint density at radius 2 is 2.13 bits per heavy atom. The van der Waals surface area contributed by atoms with Crippen LogP contribution < -0.4 is 0 Å². The van der Waals surface area contributed by atoms with E-state index in [-0.39, 0.29) is 24.7 Å². The van der Waals surface area contributed by atoms with E-state index in [1.54, 1.807) is 11.0 Å². The van der Waals surface area contributed by atoms with Crippen molar-refractivity contribution in [2.75, 3.05) is 19.8 Å². The Morgan fingerprint density at radius 3 is 2.61 bits per heavy atom. The normalized spacial score (nSPS) is 25.0. The minimum atomic E-state index is -1.37. The molecule has 0 saturated carbocycles. The van der Waals surface area contributed by atoms with Crippen LogP contribution in [0.15, 0.2) is 12.7 Å². The van der Waals surface area contributed by atoms with Gasteiger partial charge in [-0.15, -0.1) is 0 Å². The van der Waals surface area contributed by atoms with Crippen LogP contribution in [0.25, 0.3) is 0 Å². The van der Waals surface area contributed by atoms with Crippen LogP contribution in [0, 0.1) is 11.3 Å². The van der Waals surface area contributed by atoms with E-state index in [1.807, 2.05) is 0 Å². The smallest absolute Gasteiger partial charge is 0.412 e. The van der Waals surface area contributed by atoms with Gasteiger partial charge in [0.2, 0.25) is 0 Å². The quantitative estimate of drug-likeness (QED) is 0.570. The van der Waals surface area contributed by atoms with E-state index in [0.717, 1.165) is 6.42 Å². The van der Waals surface area contributed by atoms with Crippen molar-refractivity contribution in [3.05, 3.63) is 12.7 Å². The molecule has 5 nitrogen and oxygen atoms in total. The number of ether oxygens (including phenoxy) is 1. The molecule has 0 aromatic carbocycles. The lowest BCUT2D eigenvalue weighted by Gasteiger charge is -2.39.